The van der Waals surface area contributed by atoms with E-state index in [9.17, 15) is 0 Å². The Bertz CT molecular complexity index is 443. The van der Waals surface area contributed by atoms with Crippen molar-refractivity contribution in [3.63, 3.8) is 0 Å². The molecule has 2 N–H and O–H groups in total. The Morgan fingerprint density at radius 3 is 2.84 bits per heavy atom. The minimum Gasteiger partial charge on any atom is -0.368 e. The van der Waals surface area contributed by atoms with Gasteiger partial charge in [-0.1, -0.05) is 25.1 Å². The Morgan fingerprint density at radius 1 is 1.21 bits per heavy atom. The number of hydrogen-bond donors (Lipinski definition) is 1. The van der Waals surface area contributed by atoms with Gasteiger partial charge >= 0.3 is 0 Å². The van der Waals surface area contributed by atoms with Crippen LogP contribution in [0.4, 0.5) is 5.69 Å². The lowest BCUT2D eigenvalue weighted by molar-refractivity contribution is 0.246. The van der Waals surface area contributed by atoms with E-state index in [1.165, 1.54) is 36.9 Å². The van der Waals surface area contributed by atoms with Crippen LogP contribution in [-0.2, 0) is 6.42 Å². The van der Waals surface area contributed by atoms with E-state index in [1.807, 2.05) is 0 Å². The van der Waals surface area contributed by atoms with Gasteiger partial charge in [0.2, 0.25) is 0 Å². The molecule has 1 aliphatic heterocycles. The van der Waals surface area contributed by atoms with E-state index in [0.29, 0.717) is 18.0 Å². The molecule has 2 heteroatoms. The lowest BCUT2D eigenvalue weighted by Gasteiger charge is -2.37. The fourth-order valence-corrected chi connectivity index (χ4v) is 3.89. The smallest absolute Gasteiger partial charge is 0.0402 e. The summed E-state index contributed by atoms with van der Waals surface area (Å²) in [5.74, 6) is 1.51. The van der Waals surface area contributed by atoms with E-state index in [4.69, 9.17) is 5.73 Å². The molecule has 0 bridgehead atoms. The van der Waals surface area contributed by atoms with Gasteiger partial charge in [-0.2, -0.15) is 0 Å². The summed E-state index contributed by atoms with van der Waals surface area (Å²) in [6.45, 7) is 5.86. The maximum atomic E-state index is 6.36. The molecule has 1 heterocycles. The minimum absolute atomic E-state index is 0.399. The highest BCUT2D eigenvalue weighted by Crippen LogP contribution is 2.35. The molecule has 0 amide bonds. The summed E-state index contributed by atoms with van der Waals surface area (Å²) >= 11 is 0. The first-order valence-electron chi connectivity index (χ1n) is 7.75. The van der Waals surface area contributed by atoms with Crippen LogP contribution in [0.15, 0.2) is 24.3 Å². The maximum absolute atomic E-state index is 6.36. The first kappa shape index (κ1) is 13.0. The average Bonchev–Trinajstić information content (AvgIpc) is 2.71. The van der Waals surface area contributed by atoms with Crippen molar-refractivity contribution in [1.82, 2.24) is 0 Å². The Balaban J connectivity index is 1.76. The van der Waals surface area contributed by atoms with Crippen LogP contribution >= 0.6 is 0 Å². The minimum atomic E-state index is 0.399. The van der Waals surface area contributed by atoms with Gasteiger partial charge in [-0.25, -0.2) is 0 Å². The summed E-state index contributed by atoms with van der Waals surface area (Å²) in [5, 5.41) is 0. The molecule has 0 saturated heterocycles. The lowest BCUT2D eigenvalue weighted by atomic mass is 9.79. The SMILES string of the molecule is CC1CCC(N)C(CN2c3ccccc3CC2C)C1. The van der Waals surface area contributed by atoms with Crippen LogP contribution in [0, 0.1) is 11.8 Å². The molecule has 2 aliphatic rings. The zero-order chi connectivity index (χ0) is 13.4. The van der Waals surface area contributed by atoms with E-state index in [2.05, 4.69) is 43.0 Å². The number of hydrogen-bond acceptors (Lipinski definition) is 2. The number of rotatable bonds is 2. The average molecular weight is 258 g/mol. The third kappa shape index (κ3) is 2.51. The van der Waals surface area contributed by atoms with Crippen molar-refractivity contribution < 1.29 is 0 Å². The van der Waals surface area contributed by atoms with Gasteiger partial charge in [0.15, 0.2) is 0 Å². The molecule has 0 spiro atoms. The van der Waals surface area contributed by atoms with Crippen LogP contribution in [0.1, 0.15) is 38.7 Å². The van der Waals surface area contributed by atoms with Crippen molar-refractivity contribution >= 4 is 5.69 Å². The number of nitrogens with zero attached hydrogens (tertiary/aromatic N) is 1. The van der Waals surface area contributed by atoms with Crippen molar-refractivity contribution in [1.29, 1.82) is 0 Å². The van der Waals surface area contributed by atoms with Crippen molar-refractivity contribution in [3.05, 3.63) is 29.8 Å². The molecule has 104 valence electrons. The van der Waals surface area contributed by atoms with Crippen molar-refractivity contribution in [2.75, 3.05) is 11.4 Å². The molecular weight excluding hydrogens is 232 g/mol. The Kier molecular flexibility index (Phi) is 3.53. The zero-order valence-electron chi connectivity index (χ0n) is 12.2. The highest BCUT2D eigenvalue weighted by atomic mass is 15.2. The molecule has 0 radical (unpaired) electrons. The molecular formula is C17H26N2. The van der Waals surface area contributed by atoms with E-state index in [0.717, 1.165) is 12.5 Å². The third-order valence-corrected chi connectivity index (χ3v) is 5.08. The Hall–Kier alpha value is -1.02. The largest absolute Gasteiger partial charge is 0.368 e. The predicted molar refractivity (Wildman–Crippen MR) is 81.4 cm³/mol. The summed E-state index contributed by atoms with van der Waals surface area (Å²) in [6.07, 6.45) is 5.00. The van der Waals surface area contributed by atoms with Gasteiger partial charge in [0.05, 0.1) is 0 Å². The van der Waals surface area contributed by atoms with Crippen LogP contribution < -0.4 is 10.6 Å². The second-order valence-electron chi connectivity index (χ2n) is 6.68. The number of nitrogens with two attached hydrogens (primary N) is 1. The second-order valence-corrected chi connectivity index (χ2v) is 6.68. The monoisotopic (exact) mass is 258 g/mol. The van der Waals surface area contributed by atoms with Crippen LogP contribution in [0.2, 0.25) is 0 Å². The van der Waals surface area contributed by atoms with Gasteiger partial charge in [-0.05, 0) is 56.1 Å². The molecule has 0 aromatic heterocycles. The predicted octanol–water partition coefficient (Wildman–Crippen LogP) is 3.20. The van der Waals surface area contributed by atoms with Crippen molar-refractivity contribution in [3.8, 4) is 0 Å². The van der Waals surface area contributed by atoms with Gasteiger partial charge in [0, 0.05) is 24.3 Å². The van der Waals surface area contributed by atoms with Gasteiger partial charge in [0.25, 0.3) is 0 Å². The van der Waals surface area contributed by atoms with Crippen LogP contribution in [0.3, 0.4) is 0 Å². The van der Waals surface area contributed by atoms with Gasteiger partial charge in [0.1, 0.15) is 0 Å². The van der Waals surface area contributed by atoms with Gasteiger partial charge < -0.3 is 10.6 Å². The van der Waals surface area contributed by atoms with Gasteiger partial charge in [-0.15, -0.1) is 0 Å². The lowest BCUT2D eigenvalue weighted by Crippen LogP contribution is -2.44. The van der Waals surface area contributed by atoms with E-state index >= 15 is 0 Å². The maximum Gasteiger partial charge on any atom is 0.0402 e. The summed E-state index contributed by atoms with van der Waals surface area (Å²) in [7, 11) is 0. The standard InChI is InChI=1S/C17H26N2/c1-12-7-8-16(18)15(9-12)11-19-13(2)10-14-5-3-4-6-17(14)19/h3-6,12-13,15-16H,7-11,18H2,1-2H3. The molecule has 1 fully saturated rings. The summed E-state index contributed by atoms with van der Waals surface area (Å²) < 4.78 is 0. The first-order chi connectivity index (χ1) is 9.15. The van der Waals surface area contributed by atoms with Crippen molar-refractivity contribution in [2.45, 2.75) is 51.6 Å². The zero-order valence-corrected chi connectivity index (χ0v) is 12.2. The normalized spacial score (nSPS) is 34.4. The van der Waals surface area contributed by atoms with Crippen molar-refractivity contribution in [2.24, 2.45) is 17.6 Å². The summed E-state index contributed by atoms with van der Waals surface area (Å²) in [4.78, 5) is 2.60. The molecule has 4 unspecified atom stereocenters. The molecule has 1 aliphatic carbocycles. The van der Waals surface area contributed by atoms with E-state index in [-0.39, 0.29) is 0 Å². The second kappa shape index (κ2) is 5.16. The highest BCUT2D eigenvalue weighted by molar-refractivity contribution is 5.59. The quantitative estimate of drug-likeness (QED) is 0.882. The third-order valence-electron chi connectivity index (χ3n) is 5.08. The Labute approximate surface area is 117 Å². The molecule has 3 rings (SSSR count). The van der Waals surface area contributed by atoms with Gasteiger partial charge in [-0.3, -0.25) is 0 Å². The fourth-order valence-electron chi connectivity index (χ4n) is 3.89. The van der Waals surface area contributed by atoms with Crippen LogP contribution in [0.25, 0.3) is 0 Å². The molecule has 1 saturated carbocycles. The number of benzene rings is 1. The molecule has 19 heavy (non-hydrogen) atoms. The first-order valence-corrected chi connectivity index (χ1v) is 7.75. The molecule has 2 nitrogen and oxygen atoms in total. The summed E-state index contributed by atoms with van der Waals surface area (Å²) in [5.41, 5.74) is 9.31. The van der Waals surface area contributed by atoms with E-state index in [1.54, 1.807) is 0 Å². The number of fused-ring (bicyclic) bond motifs is 1. The van der Waals surface area contributed by atoms with Crippen LogP contribution in [0.5, 0.6) is 0 Å². The summed E-state index contributed by atoms with van der Waals surface area (Å²) in [6, 6.07) is 9.89. The number of para-hydroxylation sites is 1. The fraction of sp³-hybridized carbons (Fsp3) is 0.647. The molecule has 4 atom stereocenters. The topological polar surface area (TPSA) is 29.3 Å². The van der Waals surface area contributed by atoms with Crippen LogP contribution in [-0.4, -0.2) is 18.6 Å². The highest BCUT2D eigenvalue weighted by Gasteiger charge is 2.32. The van der Waals surface area contributed by atoms with E-state index < -0.39 is 0 Å². The number of anilines is 1. The molecule has 1 aromatic carbocycles. The molecule has 1 aromatic rings. The Morgan fingerprint density at radius 2 is 2.00 bits per heavy atom.